The lowest BCUT2D eigenvalue weighted by Crippen LogP contribution is -2.31. The highest BCUT2D eigenvalue weighted by molar-refractivity contribution is 5.18. The van der Waals surface area contributed by atoms with Crippen molar-refractivity contribution in [3.63, 3.8) is 0 Å². The van der Waals surface area contributed by atoms with Gasteiger partial charge in [0.1, 0.15) is 0 Å². The number of hydrogen-bond acceptors (Lipinski definition) is 2. The Labute approximate surface area is 120 Å². The molecule has 1 aromatic carbocycles. The zero-order valence-electron chi connectivity index (χ0n) is 12.2. The van der Waals surface area contributed by atoms with Crippen molar-refractivity contribution in [1.82, 2.24) is 14.5 Å². The standard InChI is InChI=1S/C16H23N3O/c1-3-10-18-11-12-19(16(18)20)13-15(17-4-2)14-8-6-5-7-9-14/h5-9,11-12,15,17H,3-4,10,13H2,1-2H3. The van der Waals surface area contributed by atoms with Gasteiger partial charge in [-0.05, 0) is 18.5 Å². The van der Waals surface area contributed by atoms with Crippen LogP contribution in [0, 0.1) is 0 Å². The van der Waals surface area contributed by atoms with Crippen LogP contribution in [0.4, 0.5) is 0 Å². The molecule has 2 aromatic rings. The van der Waals surface area contributed by atoms with E-state index in [2.05, 4.69) is 31.3 Å². The smallest absolute Gasteiger partial charge is 0.309 e. The lowest BCUT2D eigenvalue weighted by Gasteiger charge is -2.18. The van der Waals surface area contributed by atoms with E-state index >= 15 is 0 Å². The molecule has 20 heavy (non-hydrogen) atoms. The number of imidazole rings is 1. The van der Waals surface area contributed by atoms with E-state index in [-0.39, 0.29) is 11.7 Å². The van der Waals surface area contributed by atoms with Crippen molar-refractivity contribution in [1.29, 1.82) is 0 Å². The zero-order valence-corrected chi connectivity index (χ0v) is 12.2. The summed E-state index contributed by atoms with van der Waals surface area (Å²) in [7, 11) is 0. The summed E-state index contributed by atoms with van der Waals surface area (Å²) < 4.78 is 3.56. The molecule has 1 unspecified atom stereocenters. The maximum Gasteiger partial charge on any atom is 0.328 e. The Morgan fingerprint density at radius 3 is 2.45 bits per heavy atom. The van der Waals surface area contributed by atoms with Gasteiger partial charge >= 0.3 is 5.69 Å². The summed E-state index contributed by atoms with van der Waals surface area (Å²) in [4.78, 5) is 12.2. The van der Waals surface area contributed by atoms with Crippen molar-refractivity contribution in [3.8, 4) is 0 Å². The Morgan fingerprint density at radius 2 is 1.80 bits per heavy atom. The molecule has 2 rings (SSSR count). The van der Waals surface area contributed by atoms with E-state index in [0.29, 0.717) is 6.54 Å². The van der Waals surface area contributed by atoms with Crippen molar-refractivity contribution in [2.75, 3.05) is 6.54 Å². The van der Waals surface area contributed by atoms with Crippen LogP contribution in [-0.2, 0) is 13.1 Å². The maximum absolute atomic E-state index is 12.2. The van der Waals surface area contributed by atoms with Gasteiger partial charge in [-0.1, -0.05) is 44.2 Å². The monoisotopic (exact) mass is 273 g/mol. The van der Waals surface area contributed by atoms with Gasteiger partial charge in [0.25, 0.3) is 0 Å². The van der Waals surface area contributed by atoms with Gasteiger partial charge < -0.3 is 5.32 Å². The molecule has 1 heterocycles. The van der Waals surface area contributed by atoms with E-state index < -0.39 is 0 Å². The molecule has 108 valence electrons. The van der Waals surface area contributed by atoms with Gasteiger partial charge in [-0.2, -0.15) is 0 Å². The van der Waals surface area contributed by atoms with Crippen LogP contribution >= 0.6 is 0 Å². The number of hydrogen-bond donors (Lipinski definition) is 1. The molecule has 4 nitrogen and oxygen atoms in total. The normalized spacial score (nSPS) is 12.5. The highest BCUT2D eigenvalue weighted by Gasteiger charge is 2.12. The largest absolute Gasteiger partial charge is 0.328 e. The van der Waals surface area contributed by atoms with Crippen LogP contribution in [0.15, 0.2) is 47.5 Å². The van der Waals surface area contributed by atoms with E-state index in [1.165, 1.54) is 5.56 Å². The number of benzene rings is 1. The van der Waals surface area contributed by atoms with Crippen molar-refractivity contribution in [2.45, 2.75) is 39.4 Å². The molecule has 0 radical (unpaired) electrons. The van der Waals surface area contributed by atoms with E-state index in [1.54, 1.807) is 9.13 Å². The third-order valence-electron chi connectivity index (χ3n) is 3.41. The third kappa shape index (κ3) is 3.39. The molecule has 0 fully saturated rings. The molecule has 0 amide bonds. The summed E-state index contributed by atoms with van der Waals surface area (Å²) in [6.07, 6.45) is 4.73. The van der Waals surface area contributed by atoms with Gasteiger partial charge in [0, 0.05) is 25.5 Å². The predicted molar refractivity (Wildman–Crippen MR) is 81.8 cm³/mol. The minimum atomic E-state index is 0.0747. The number of aromatic nitrogens is 2. The summed E-state index contributed by atoms with van der Waals surface area (Å²) >= 11 is 0. The fraction of sp³-hybridized carbons (Fsp3) is 0.438. The quantitative estimate of drug-likeness (QED) is 0.841. The number of rotatable bonds is 7. The van der Waals surface area contributed by atoms with Gasteiger partial charge in [0.15, 0.2) is 0 Å². The topological polar surface area (TPSA) is 39.0 Å². The SMILES string of the molecule is CCCn1ccn(CC(NCC)c2ccccc2)c1=O. The van der Waals surface area contributed by atoms with Gasteiger partial charge in [0.2, 0.25) is 0 Å². The predicted octanol–water partition coefficient (Wildman–Crippen LogP) is 2.41. The Balaban J connectivity index is 2.18. The highest BCUT2D eigenvalue weighted by Crippen LogP contribution is 2.14. The van der Waals surface area contributed by atoms with Crippen LogP contribution in [-0.4, -0.2) is 15.7 Å². The molecule has 0 spiro atoms. The molecule has 0 aliphatic rings. The van der Waals surface area contributed by atoms with Crippen LogP contribution in [0.25, 0.3) is 0 Å². The van der Waals surface area contributed by atoms with E-state index in [1.807, 2.05) is 30.6 Å². The van der Waals surface area contributed by atoms with E-state index in [9.17, 15) is 4.79 Å². The number of nitrogens with zero attached hydrogens (tertiary/aromatic N) is 2. The molecule has 0 saturated heterocycles. The van der Waals surface area contributed by atoms with Crippen molar-refractivity contribution in [3.05, 3.63) is 58.8 Å². The summed E-state index contributed by atoms with van der Waals surface area (Å²) in [5.41, 5.74) is 1.29. The first-order chi connectivity index (χ1) is 9.76. The molecular weight excluding hydrogens is 250 g/mol. The molecule has 0 aliphatic heterocycles. The minimum absolute atomic E-state index is 0.0747. The fourth-order valence-electron chi connectivity index (χ4n) is 2.42. The van der Waals surface area contributed by atoms with Crippen molar-refractivity contribution < 1.29 is 0 Å². The molecular formula is C16H23N3O. The van der Waals surface area contributed by atoms with E-state index in [0.717, 1.165) is 19.5 Å². The summed E-state index contributed by atoms with van der Waals surface area (Å²) in [5.74, 6) is 0. The van der Waals surface area contributed by atoms with Crippen LogP contribution in [0.5, 0.6) is 0 Å². The van der Waals surface area contributed by atoms with E-state index in [4.69, 9.17) is 0 Å². The summed E-state index contributed by atoms with van der Waals surface area (Å²) in [6.45, 7) is 6.48. The van der Waals surface area contributed by atoms with Crippen LogP contribution in [0.1, 0.15) is 31.9 Å². The Hall–Kier alpha value is -1.81. The molecule has 1 N–H and O–H groups in total. The first-order valence-electron chi connectivity index (χ1n) is 7.30. The number of aryl methyl sites for hydroxylation is 1. The van der Waals surface area contributed by atoms with Crippen LogP contribution in [0.2, 0.25) is 0 Å². The van der Waals surface area contributed by atoms with Gasteiger partial charge in [-0.3, -0.25) is 9.13 Å². The second-order valence-electron chi connectivity index (χ2n) is 4.95. The molecule has 1 aromatic heterocycles. The lowest BCUT2D eigenvalue weighted by molar-refractivity contribution is 0.461. The fourth-order valence-corrected chi connectivity index (χ4v) is 2.42. The second kappa shape index (κ2) is 7.10. The first kappa shape index (κ1) is 14.6. The van der Waals surface area contributed by atoms with Gasteiger partial charge in [-0.15, -0.1) is 0 Å². The van der Waals surface area contributed by atoms with Crippen molar-refractivity contribution in [2.24, 2.45) is 0 Å². The van der Waals surface area contributed by atoms with Crippen LogP contribution < -0.4 is 11.0 Å². The Morgan fingerprint density at radius 1 is 1.10 bits per heavy atom. The zero-order chi connectivity index (χ0) is 14.4. The lowest BCUT2D eigenvalue weighted by atomic mass is 10.1. The Kier molecular flexibility index (Phi) is 5.18. The van der Waals surface area contributed by atoms with Crippen molar-refractivity contribution >= 4 is 0 Å². The second-order valence-corrected chi connectivity index (χ2v) is 4.95. The summed E-state index contributed by atoms with van der Waals surface area (Å²) in [6, 6.07) is 10.4. The third-order valence-corrected chi connectivity index (χ3v) is 3.41. The average Bonchev–Trinajstić information content (AvgIpc) is 2.81. The van der Waals surface area contributed by atoms with Crippen LogP contribution in [0.3, 0.4) is 0 Å². The summed E-state index contributed by atoms with van der Waals surface area (Å²) in [5, 5.41) is 3.45. The average molecular weight is 273 g/mol. The first-order valence-corrected chi connectivity index (χ1v) is 7.30. The molecule has 0 bridgehead atoms. The number of nitrogens with one attached hydrogen (secondary N) is 1. The molecule has 1 atom stereocenters. The minimum Gasteiger partial charge on any atom is -0.309 e. The molecule has 0 aliphatic carbocycles. The Bertz CT molecular complexity index is 571. The molecule has 0 saturated carbocycles. The number of likely N-dealkylation sites (N-methyl/N-ethyl adjacent to an activating group) is 1. The maximum atomic E-state index is 12.2. The van der Waals surface area contributed by atoms with Gasteiger partial charge in [0.05, 0.1) is 6.04 Å². The highest BCUT2D eigenvalue weighted by atomic mass is 16.1. The molecule has 4 heteroatoms. The van der Waals surface area contributed by atoms with Gasteiger partial charge in [-0.25, -0.2) is 4.79 Å².